The molecule has 8 nitrogen and oxygen atoms in total. The first-order valence-electron chi connectivity index (χ1n) is 10.5. The number of fused-ring (bicyclic) bond motifs is 2. The molecule has 0 bridgehead atoms. The van der Waals surface area contributed by atoms with Crippen molar-refractivity contribution in [3.63, 3.8) is 0 Å². The molecule has 0 saturated carbocycles. The zero-order valence-corrected chi connectivity index (χ0v) is 19.7. The van der Waals surface area contributed by atoms with E-state index in [0.29, 0.717) is 15.4 Å². The number of hydrogen-bond donors (Lipinski definition) is 2. The Balaban J connectivity index is 1.33. The highest BCUT2D eigenvalue weighted by atomic mass is 32.2. The van der Waals surface area contributed by atoms with Gasteiger partial charge in [-0.15, -0.1) is 11.3 Å². The van der Waals surface area contributed by atoms with Crippen LogP contribution >= 0.6 is 11.3 Å². The summed E-state index contributed by atoms with van der Waals surface area (Å²) in [7, 11) is -3.95. The number of anilines is 1. The van der Waals surface area contributed by atoms with Crippen LogP contribution < -0.4 is 10.6 Å². The van der Waals surface area contributed by atoms with Crippen LogP contribution in [0.4, 0.5) is 5.69 Å². The fourth-order valence-electron chi connectivity index (χ4n) is 3.68. The van der Waals surface area contributed by atoms with E-state index >= 15 is 0 Å². The van der Waals surface area contributed by atoms with Gasteiger partial charge in [0.05, 0.1) is 27.6 Å². The maximum Gasteiger partial charge on any atom is 0.257 e. The Labute approximate surface area is 204 Å². The normalized spacial score (nSPS) is 13.7. The lowest BCUT2D eigenvalue weighted by molar-refractivity contribution is 0.0949. The summed E-state index contributed by atoms with van der Waals surface area (Å²) in [6.45, 7) is 0.131. The number of benzene rings is 3. The molecular weight excluding hydrogens is 486 g/mol. The molecule has 0 spiro atoms. The van der Waals surface area contributed by atoms with E-state index in [2.05, 4.69) is 15.6 Å². The summed E-state index contributed by atoms with van der Waals surface area (Å²) in [6.07, 6.45) is 1.53. The third-order valence-electron chi connectivity index (χ3n) is 5.41. The van der Waals surface area contributed by atoms with E-state index in [4.69, 9.17) is 0 Å². The highest BCUT2D eigenvalue weighted by Gasteiger charge is 2.31. The van der Waals surface area contributed by atoms with Gasteiger partial charge in [0.2, 0.25) is 15.6 Å². The second kappa shape index (κ2) is 8.90. The Hall–Kier alpha value is -4.15. The van der Waals surface area contributed by atoms with Crippen molar-refractivity contribution < 1.29 is 22.8 Å². The van der Waals surface area contributed by atoms with Crippen molar-refractivity contribution in [3.05, 3.63) is 106 Å². The molecule has 2 N–H and O–H groups in total. The van der Waals surface area contributed by atoms with Crippen LogP contribution in [-0.2, 0) is 16.4 Å². The Bertz CT molecular complexity index is 1590. The molecule has 0 aliphatic carbocycles. The Morgan fingerprint density at radius 1 is 0.914 bits per heavy atom. The number of amides is 2. The second-order valence-electron chi connectivity index (χ2n) is 7.67. The minimum absolute atomic E-state index is 0.0346. The van der Waals surface area contributed by atoms with Gasteiger partial charge in [0, 0.05) is 22.2 Å². The molecule has 0 fully saturated rings. The van der Waals surface area contributed by atoms with Crippen molar-refractivity contribution in [2.45, 2.75) is 16.3 Å². The average Bonchev–Trinajstić information content (AvgIpc) is 3.33. The maximum absolute atomic E-state index is 13.1. The first-order chi connectivity index (χ1) is 16.8. The van der Waals surface area contributed by atoms with Gasteiger partial charge in [-0.2, -0.15) is 0 Å². The minimum atomic E-state index is -3.95. The zero-order valence-electron chi connectivity index (χ0n) is 18.0. The fraction of sp³-hybridized carbons (Fsp3) is 0.0400. The van der Waals surface area contributed by atoms with Gasteiger partial charge in [-0.3, -0.25) is 14.4 Å². The highest BCUT2D eigenvalue weighted by Crippen LogP contribution is 2.34. The van der Waals surface area contributed by atoms with Crippen LogP contribution in [-0.4, -0.2) is 31.0 Å². The van der Waals surface area contributed by atoms with Crippen molar-refractivity contribution in [2.24, 2.45) is 0 Å². The number of rotatable bonds is 5. The molecule has 2 heterocycles. The number of nitrogens with zero attached hydrogens (tertiary/aromatic N) is 1. The number of nitrogens with one attached hydrogen (secondary N) is 2. The van der Waals surface area contributed by atoms with Crippen LogP contribution in [0.5, 0.6) is 0 Å². The van der Waals surface area contributed by atoms with E-state index in [1.807, 2.05) is 6.07 Å². The van der Waals surface area contributed by atoms with E-state index in [1.165, 1.54) is 47.9 Å². The summed E-state index contributed by atoms with van der Waals surface area (Å²) in [5, 5.41) is 5.65. The van der Waals surface area contributed by atoms with Gasteiger partial charge in [0.25, 0.3) is 11.8 Å². The van der Waals surface area contributed by atoms with Crippen molar-refractivity contribution in [1.29, 1.82) is 0 Å². The quantitative estimate of drug-likeness (QED) is 0.401. The Morgan fingerprint density at radius 3 is 2.46 bits per heavy atom. The molecule has 4 aromatic rings. The van der Waals surface area contributed by atoms with Gasteiger partial charge in [-0.1, -0.05) is 42.5 Å². The van der Waals surface area contributed by atoms with Gasteiger partial charge in [0.15, 0.2) is 5.01 Å². The molecule has 0 unspecified atom stereocenters. The highest BCUT2D eigenvalue weighted by molar-refractivity contribution is 7.91. The molecule has 35 heavy (non-hydrogen) atoms. The minimum Gasteiger partial charge on any atom is -0.347 e. The van der Waals surface area contributed by atoms with E-state index in [-0.39, 0.29) is 38.9 Å². The van der Waals surface area contributed by atoms with Gasteiger partial charge >= 0.3 is 0 Å². The van der Waals surface area contributed by atoms with Gasteiger partial charge < -0.3 is 10.6 Å². The number of carbonyl (C=O) groups excluding carboxylic acids is 3. The number of sulfone groups is 1. The van der Waals surface area contributed by atoms with E-state index in [9.17, 15) is 22.8 Å². The van der Waals surface area contributed by atoms with Crippen LogP contribution in [0.1, 0.15) is 41.0 Å². The van der Waals surface area contributed by atoms with Gasteiger partial charge in [-0.25, -0.2) is 13.4 Å². The summed E-state index contributed by atoms with van der Waals surface area (Å²) < 4.78 is 26.2. The predicted molar refractivity (Wildman–Crippen MR) is 129 cm³/mol. The Kier molecular flexibility index (Phi) is 5.75. The molecule has 174 valence electrons. The van der Waals surface area contributed by atoms with Crippen LogP contribution in [0.2, 0.25) is 0 Å². The number of thiazole rings is 1. The monoisotopic (exact) mass is 503 g/mol. The van der Waals surface area contributed by atoms with Crippen molar-refractivity contribution in [3.8, 4) is 0 Å². The van der Waals surface area contributed by atoms with E-state index in [1.54, 1.807) is 36.4 Å². The standard InChI is InChI=1S/C25H17N3O5S2/c29-22(15-6-2-1-3-7-15)25-27-14-17(34-25)13-26-23(30)16-10-11-21-19(12-16)28-24(31)18-8-4-5-9-20(18)35(21,32)33/h1-12,14H,13H2,(H,26,30)(H,28,31). The molecule has 10 heteroatoms. The first kappa shape index (κ1) is 22.6. The van der Waals surface area contributed by atoms with Gasteiger partial charge in [0.1, 0.15) is 0 Å². The molecule has 0 saturated heterocycles. The third-order valence-corrected chi connectivity index (χ3v) is 8.27. The first-order valence-corrected chi connectivity index (χ1v) is 12.8. The molecule has 3 aromatic carbocycles. The molecule has 1 aromatic heterocycles. The molecule has 0 radical (unpaired) electrons. The van der Waals surface area contributed by atoms with Crippen molar-refractivity contribution in [2.75, 3.05) is 5.32 Å². The third kappa shape index (κ3) is 4.25. The second-order valence-corrected chi connectivity index (χ2v) is 10.7. The number of carbonyl (C=O) groups is 3. The SMILES string of the molecule is O=C(NCc1cnc(C(=O)c2ccccc2)s1)c1ccc2c(c1)NC(=O)c1ccccc1S2(=O)=O. The molecule has 2 amide bonds. The molecule has 0 atom stereocenters. The van der Waals surface area contributed by atoms with Crippen LogP contribution in [0.15, 0.2) is 88.8 Å². The van der Waals surface area contributed by atoms with Gasteiger partial charge in [-0.05, 0) is 30.3 Å². The maximum atomic E-state index is 13.1. The van der Waals surface area contributed by atoms with Crippen LogP contribution in [0, 0.1) is 0 Å². The van der Waals surface area contributed by atoms with Crippen molar-refractivity contribution in [1.82, 2.24) is 10.3 Å². The largest absolute Gasteiger partial charge is 0.347 e. The van der Waals surface area contributed by atoms with Crippen LogP contribution in [0.25, 0.3) is 0 Å². The van der Waals surface area contributed by atoms with Crippen LogP contribution in [0.3, 0.4) is 0 Å². The number of hydrogen-bond acceptors (Lipinski definition) is 7. The molecule has 1 aliphatic rings. The summed E-state index contributed by atoms with van der Waals surface area (Å²) in [5.74, 6) is -1.23. The summed E-state index contributed by atoms with van der Waals surface area (Å²) >= 11 is 1.18. The summed E-state index contributed by atoms with van der Waals surface area (Å²) in [5.41, 5.74) is 0.782. The Morgan fingerprint density at radius 2 is 1.66 bits per heavy atom. The zero-order chi connectivity index (χ0) is 24.6. The predicted octanol–water partition coefficient (Wildman–Crippen LogP) is 3.70. The lowest BCUT2D eigenvalue weighted by Crippen LogP contribution is -2.22. The fourth-order valence-corrected chi connectivity index (χ4v) is 6.08. The van der Waals surface area contributed by atoms with Crippen molar-refractivity contribution >= 4 is 44.5 Å². The average molecular weight is 504 g/mol. The topological polar surface area (TPSA) is 122 Å². The molecule has 5 rings (SSSR count). The summed E-state index contributed by atoms with van der Waals surface area (Å²) in [6, 6.07) is 18.8. The lowest BCUT2D eigenvalue weighted by Gasteiger charge is -2.10. The number of ketones is 1. The van der Waals surface area contributed by atoms with E-state index in [0.717, 1.165) is 0 Å². The molecule has 1 aliphatic heterocycles. The molecular formula is C25H17N3O5S2. The van der Waals surface area contributed by atoms with E-state index < -0.39 is 21.7 Å². The lowest BCUT2D eigenvalue weighted by atomic mass is 10.1. The summed E-state index contributed by atoms with van der Waals surface area (Å²) in [4.78, 5) is 42.5. The smallest absolute Gasteiger partial charge is 0.257 e. The number of aromatic nitrogens is 1.